The van der Waals surface area contributed by atoms with Gasteiger partial charge >= 0.3 is 5.97 Å². The van der Waals surface area contributed by atoms with Crippen LogP contribution in [0.3, 0.4) is 0 Å². The molecule has 198 valence electrons. The second-order valence-electron chi connectivity index (χ2n) is 7.58. The van der Waals surface area contributed by atoms with Gasteiger partial charge in [0.25, 0.3) is 0 Å². The lowest BCUT2D eigenvalue weighted by atomic mass is 10.1. The number of carbonyl (C=O) groups excluding carboxylic acids is 5. The lowest BCUT2D eigenvalue weighted by Gasteiger charge is -2.25. The Balaban J connectivity index is 5.65. The monoisotopic (exact) mass is 503 g/mol. The summed E-state index contributed by atoms with van der Waals surface area (Å²) in [4.78, 5) is 75.1. The van der Waals surface area contributed by atoms with Gasteiger partial charge in [0.1, 0.15) is 12.1 Å². The van der Waals surface area contributed by atoms with Crippen LogP contribution < -0.4 is 44.6 Å². The Morgan fingerprint density at radius 2 is 1.34 bits per heavy atom. The summed E-state index contributed by atoms with van der Waals surface area (Å²) >= 11 is 0. The molecule has 0 fully saturated rings. The molecular formula is C18H33N9O8. The molecule has 15 N–H and O–H groups in total. The molecule has 0 aromatic carbocycles. The Hall–Kier alpha value is -3.99. The van der Waals surface area contributed by atoms with Gasteiger partial charge in [0, 0.05) is 6.54 Å². The van der Waals surface area contributed by atoms with Gasteiger partial charge in [-0.2, -0.15) is 0 Å². The van der Waals surface area contributed by atoms with E-state index >= 15 is 0 Å². The molecule has 5 amide bonds. The number of hydrogen-bond acceptors (Lipinski definition) is 9. The summed E-state index contributed by atoms with van der Waals surface area (Å²) in [6.45, 7) is 1.20. The summed E-state index contributed by atoms with van der Waals surface area (Å²) in [5.74, 6) is -6.61. The van der Waals surface area contributed by atoms with Crippen molar-refractivity contribution in [2.75, 3.05) is 6.54 Å². The Bertz CT molecular complexity index is 829. The van der Waals surface area contributed by atoms with E-state index in [1.165, 1.54) is 0 Å². The minimum atomic E-state index is -1.69. The minimum absolute atomic E-state index is 0.0597. The van der Waals surface area contributed by atoms with Crippen LogP contribution in [0.1, 0.15) is 32.6 Å². The number of aliphatic carboxylic acids is 1. The summed E-state index contributed by atoms with van der Waals surface area (Å²) in [6.07, 6.45) is -2.64. The number of nitrogens with one attached hydrogen (secondary N) is 3. The van der Waals surface area contributed by atoms with Crippen LogP contribution in [0.5, 0.6) is 0 Å². The van der Waals surface area contributed by atoms with Crippen LogP contribution in [0.15, 0.2) is 4.99 Å². The van der Waals surface area contributed by atoms with Gasteiger partial charge in [0.2, 0.25) is 29.5 Å². The number of hydrogen-bond donors (Lipinski definition) is 10. The summed E-state index contributed by atoms with van der Waals surface area (Å²) < 4.78 is 0. The number of aliphatic hydroxyl groups is 1. The summed E-state index contributed by atoms with van der Waals surface area (Å²) in [7, 11) is 0. The lowest BCUT2D eigenvalue weighted by molar-refractivity contribution is -0.145. The molecule has 0 bridgehead atoms. The molecule has 0 aliphatic rings. The second-order valence-corrected chi connectivity index (χ2v) is 7.58. The first-order valence-electron chi connectivity index (χ1n) is 10.3. The number of guanidine groups is 1. The molecule has 17 nitrogen and oxygen atoms in total. The summed E-state index contributed by atoms with van der Waals surface area (Å²) in [5, 5.41) is 25.3. The maximum atomic E-state index is 12.8. The van der Waals surface area contributed by atoms with E-state index in [1.54, 1.807) is 0 Å². The first kappa shape index (κ1) is 31.0. The third-order valence-corrected chi connectivity index (χ3v) is 4.42. The van der Waals surface area contributed by atoms with E-state index < -0.39 is 78.6 Å². The van der Waals surface area contributed by atoms with Crippen molar-refractivity contribution in [2.45, 2.75) is 62.9 Å². The molecule has 0 heterocycles. The van der Waals surface area contributed by atoms with E-state index in [-0.39, 0.29) is 25.3 Å². The molecule has 0 aliphatic carbocycles. The number of nitrogens with zero attached hydrogens (tertiary/aromatic N) is 1. The van der Waals surface area contributed by atoms with E-state index in [0.717, 1.165) is 6.92 Å². The number of amides is 5. The molecule has 0 saturated carbocycles. The molecule has 0 aromatic rings. The van der Waals surface area contributed by atoms with Gasteiger partial charge in [-0.15, -0.1) is 0 Å². The zero-order valence-electron chi connectivity index (χ0n) is 19.1. The predicted molar refractivity (Wildman–Crippen MR) is 121 cm³/mol. The van der Waals surface area contributed by atoms with Gasteiger partial charge in [-0.1, -0.05) is 0 Å². The van der Waals surface area contributed by atoms with Crippen LogP contribution in [0.25, 0.3) is 0 Å². The first-order chi connectivity index (χ1) is 16.1. The maximum Gasteiger partial charge on any atom is 0.328 e. The van der Waals surface area contributed by atoms with E-state index in [4.69, 9.17) is 28.7 Å². The van der Waals surface area contributed by atoms with E-state index in [1.807, 2.05) is 0 Å². The molecule has 0 aromatic heterocycles. The number of rotatable bonds is 16. The minimum Gasteiger partial charge on any atom is -0.480 e. The fraction of sp³-hybridized carbons (Fsp3) is 0.611. The van der Waals surface area contributed by atoms with Crippen LogP contribution in [-0.2, 0) is 28.8 Å². The Labute approximate surface area is 200 Å². The molecule has 0 rings (SSSR count). The van der Waals surface area contributed by atoms with Gasteiger partial charge in [-0.05, 0) is 19.8 Å². The van der Waals surface area contributed by atoms with Crippen molar-refractivity contribution in [1.29, 1.82) is 0 Å². The first-order valence-corrected chi connectivity index (χ1v) is 10.3. The van der Waals surface area contributed by atoms with E-state index in [0.29, 0.717) is 0 Å². The molecule has 5 atom stereocenters. The quantitative estimate of drug-likeness (QED) is 0.0536. The van der Waals surface area contributed by atoms with Gasteiger partial charge in [-0.3, -0.25) is 29.0 Å². The van der Waals surface area contributed by atoms with Crippen LogP contribution in [0, 0.1) is 0 Å². The number of carbonyl (C=O) groups is 6. The van der Waals surface area contributed by atoms with Gasteiger partial charge < -0.3 is 54.8 Å². The largest absolute Gasteiger partial charge is 0.480 e. The molecule has 17 heteroatoms. The number of aliphatic hydroxyl groups excluding tert-OH is 1. The molecular weight excluding hydrogens is 470 g/mol. The average Bonchev–Trinajstić information content (AvgIpc) is 2.71. The standard InChI is InChI=1S/C18H33N9O8/c1-7(28)13(17(34)35)27-15(32)9(3-2-4-24-18(22)23)25-16(33)10(6-12(21)30)26-14(31)8(19)5-11(20)29/h7-10,13,28H,2-6,19H2,1H3,(H2,20,29)(H2,21,30)(H,25,33)(H,26,31)(H,27,32)(H,34,35)(H4,22,23,24). The lowest BCUT2D eigenvalue weighted by Crippen LogP contribution is -2.58. The number of nitrogens with two attached hydrogens (primary N) is 5. The van der Waals surface area contributed by atoms with Gasteiger partial charge in [0.05, 0.1) is 25.0 Å². The Morgan fingerprint density at radius 1 is 0.829 bits per heavy atom. The normalized spacial score (nSPS) is 14.8. The fourth-order valence-corrected chi connectivity index (χ4v) is 2.69. The van der Waals surface area contributed by atoms with Crippen molar-refractivity contribution in [3.63, 3.8) is 0 Å². The summed E-state index contributed by atoms with van der Waals surface area (Å²) in [6, 6.07) is -6.08. The number of carboxylic acids is 1. The number of aliphatic imine (C=N–C) groups is 1. The third-order valence-electron chi connectivity index (χ3n) is 4.42. The van der Waals surface area contributed by atoms with Crippen LogP contribution >= 0.6 is 0 Å². The van der Waals surface area contributed by atoms with Crippen molar-refractivity contribution in [3.8, 4) is 0 Å². The highest BCUT2D eigenvalue weighted by Crippen LogP contribution is 2.04. The van der Waals surface area contributed by atoms with Crippen molar-refractivity contribution in [2.24, 2.45) is 33.7 Å². The highest BCUT2D eigenvalue weighted by Gasteiger charge is 2.32. The molecule has 0 radical (unpaired) electrons. The smallest absolute Gasteiger partial charge is 0.328 e. The van der Waals surface area contributed by atoms with E-state index in [2.05, 4.69) is 20.9 Å². The fourth-order valence-electron chi connectivity index (χ4n) is 2.69. The number of primary amides is 2. The molecule has 0 spiro atoms. The summed E-state index contributed by atoms with van der Waals surface area (Å²) in [5.41, 5.74) is 26.1. The number of carboxylic acid groups (broad SMARTS) is 1. The van der Waals surface area contributed by atoms with Crippen molar-refractivity contribution in [1.82, 2.24) is 16.0 Å². The van der Waals surface area contributed by atoms with E-state index in [9.17, 15) is 39.0 Å². The average molecular weight is 504 g/mol. The topological polar surface area (TPSA) is 321 Å². The van der Waals surface area contributed by atoms with Gasteiger partial charge in [-0.25, -0.2) is 4.79 Å². The van der Waals surface area contributed by atoms with Crippen molar-refractivity contribution >= 4 is 41.5 Å². The molecule has 35 heavy (non-hydrogen) atoms. The SMILES string of the molecule is CC(O)C(NC(=O)C(CCCN=C(N)N)NC(=O)C(CC(N)=O)NC(=O)C(N)CC(N)=O)C(=O)O. The Morgan fingerprint density at radius 3 is 1.80 bits per heavy atom. The zero-order valence-corrected chi connectivity index (χ0v) is 19.1. The van der Waals surface area contributed by atoms with Crippen molar-refractivity contribution in [3.05, 3.63) is 0 Å². The second kappa shape index (κ2) is 15.0. The molecule has 0 saturated heterocycles. The third kappa shape index (κ3) is 12.7. The van der Waals surface area contributed by atoms with Gasteiger partial charge in [0.15, 0.2) is 12.0 Å². The zero-order chi connectivity index (χ0) is 27.3. The predicted octanol–water partition coefficient (Wildman–Crippen LogP) is -5.96. The highest BCUT2D eigenvalue weighted by atomic mass is 16.4. The van der Waals surface area contributed by atoms with Crippen LogP contribution in [0.2, 0.25) is 0 Å². The molecule has 0 aliphatic heterocycles. The highest BCUT2D eigenvalue weighted by molar-refractivity contribution is 5.96. The van der Waals surface area contributed by atoms with Crippen molar-refractivity contribution < 1.29 is 39.0 Å². The Kier molecular flexibility index (Phi) is 13.3. The maximum absolute atomic E-state index is 12.8. The molecule has 5 unspecified atom stereocenters. The van der Waals surface area contributed by atoms with Crippen LogP contribution in [0.4, 0.5) is 0 Å². The van der Waals surface area contributed by atoms with Crippen LogP contribution in [-0.4, -0.2) is 88.5 Å².